The molecule has 1 rings (SSSR count). The van der Waals surface area contributed by atoms with E-state index in [4.69, 9.17) is 5.73 Å². The molecule has 0 unspecified atom stereocenters. The first kappa shape index (κ1) is 11.3. The minimum Gasteiger partial charge on any atom is -0.361 e. The number of aromatic nitrogens is 1. The minimum absolute atomic E-state index is 0.128. The Morgan fingerprint density at radius 3 is 2.29 bits per heavy atom. The average Bonchev–Trinajstić information content (AvgIpc) is 2.26. The van der Waals surface area contributed by atoms with Gasteiger partial charge in [-0.3, -0.25) is 0 Å². The highest BCUT2D eigenvalue weighted by molar-refractivity contribution is 5.26. The van der Waals surface area contributed by atoms with Gasteiger partial charge in [-0.15, -0.1) is 0 Å². The van der Waals surface area contributed by atoms with E-state index in [1.54, 1.807) is 0 Å². The number of H-pyrrole nitrogens is 1. The zero-order valence-electron chi connectivity index (χ0n) is 9.94. The average molecular weight is 194 g/mol. The van der Waals surface area contributed by atoms with Gasteiger partial charge in [0.25, 0.3) is 0 Å². The molecule has 0 saturated carbocycles. The summed E-state index contributed by atoms with van der Waals surface area (Å²) in [6.45, 7) is 10.8. The van der Waals surface area contributed by atoms with Crippen molar-refractivity contribution in [3.8, 4) is 0 Å². The van der Waals surface area contributed by atoms with Crippen molar-refractivity contribution in [1.82, 2.24) is 4.98 Å². The molecule has 1 aromatic rings. The molecule has 1 aromatic heterocycles. The second-order valence-corrected chi connectivity index (χ2v) is 5.42. The van der Waals surface area contributed by atoms with Gasteiger partial charge in [-0.05, 0) is 37.3 Å². The smallest absolute Gasteiger partial charge is 0.0455 e. The molecule has 2 nitrogen and oxygen atoms in total. The van der Waals surface area contributed by atoms with Crippen LogP contribution in [0.2, 0.25) is 0 Å². The highest BCUT2D eigenvalue weighted by Gasteiger charge is 2.19. The molecule has 0 bridgehead atoms. The molecule has 0 aromatic carbocycles. The summed E-state index contributed by atoms with van der Waals surface area (Å²) in [4.78, 5) is 3.34. The molecule has 1 heterocycles. The molecule has 0 aliphatic rings. The van der Waals surface area contributed by atoms with Crippen LogP contribution < -0.4 is 5.73 Å². The molecule has 0 aliphatic carbocycles. The molecule has 0 radical (unpaired) electrons. The van der Waals surface area contributed by atoms with Gasteiger partial charge in [0.2, 0.25) is 0 Å². The van der Waals surface area contributed by atoms with Crippen molar-refractivity contribution in [2.75, 3.05) is 0 Å². The number of rotatable bonds is 2. The fourth-order valence-corrected chi connectivity index (χ4v) is 1.90. The first-order valence-electron chi connectivity index (χ1n) is 5.21. The maximum Gasteiger partial charge on any atom is 0.0455 e. The van der Waals surface area contributed by atoms with E-state index in [1.807, 2.05) is 0 Å². The van der Waals surface area contributed by atoms with Crippen LogP contribution in [0.25, 0.3) is 0 Å². The number of nitrogens with one attached hydrogen (secondary N) is 1. The van der Waals surface area contributed by atoms with Crippen molar-refractivity contribution in [2.24, 2.45) is 11.1 Å². The van der Waals surface area contributed by atoms with Crippen LogP contribution in [0, 0.1) is 19.3 Å². The molecular formula is C12H22N2. The van der Waals surface area contributed by atoms with Crippen molar-refractivity contribution in [3.63, 3.8) is 0 Å². The monoisotopic (exact) mass is 194 g/mol. The van der Waals surface area contributed by atoms with E-state index in [2.05, 4.69) is 45.7 Å². The summed E-state index contributed by atoms with van der Waals surface area (Å²) < 4.78 is 0. The lowest BCUT2D eigenvalue weighted by Gasteiger charge is -2.23. The Kier molecular flexibility index (Phi) is 3.05. The van der Waals surface area contributed by atoms with Crippen LogP contribution in [0.3, 0.4) is 0 Å². The van der Waals surface area contributed by atoms with E-state index in [1.165, 1.54) is 17.0 Å². The van der Waals surface area contributed by atoms with Gasteiger partial charge in [0.05, 0.1) is 0 Å². The van der Waals surface area contributed by atoms with Crippen LogP contribution in [0.5, 0.6) is 0 Å². The lowest BCUT2D eigenvalue weighted by Crippen LogP contribution is -2.19. The summed E-state index contributed by atoms with van der Waals surface area (Å²) in [7, 11) is 0. The topological polar surface area (TPSA) is 41.8 Å². The fourth-order valence-electron chi connectivity index (χ4n) is 1.90. The number of hydrogen-bond donors (Lipinski definition) is 2. The van der Waals surface area contributed by atoms with Crippen molar-refractivity contribution in [2.45, 2.75) is 47.1 Å². The molecule has 0 saturated heterocycles. The molecule has 0 aliphatic heterocycles. The number of hydrogen-bond acceptors (Lipinski definition) is 1. The quantitative estimate of drug-likeness (QED) is 0.746. The first-order valence-corrected chi connectivity index (χ1v) is 5.21. The van der Waals surface area contributed by atoms with Gasteiger partial charge >= 0.3 is 0 Å². The summed E-state index contributed by atoms with van der Waals surface area (Å²) in [6, 6.07) is 2.28. The zero-order valence-corrected chi connectivity index (χ0v) is 9.94. The number of aryl methyl sites for hydroxylation is 2. The van der Waals surface area contributed by atoms with Crippen LogP contribution in [-0.4, -0.2) is 4.98 Å². The first-order chi connectivity index (χ1) is 6.29. The second-order valence-electron chi connectivity index (χ2n) is 5.42. The van der Waals surface area contributed by atoms with Gasteiger partial charge in [-0.25, -0.2) is 0 Å². The van der Waals surface area contributed by atoms with E-state index in [0.29, 0.717) is 0 Å². The highest BCUT2D eigenvalue weighted by Crippen LogP contribution is 2.28. The van der Waals surface area contributed by atoms with Gasteiger partial charge in [0.15, 0.2) is 0 Å². The second kappa shape index (κ2) is 3.77. The van der Waals surface area contributed by atoms with Crippen molar-refractivity contribution < 1.29 is 0 Å². The van der Waals surface area contributed by atoms with E-state index in [9.17, 15) is 0 Å². The van der Waals surface area contributed by atoms with Gasteiger partial charge in [0, 0.05) is 17.4 Å². The van der Waals surface area contributed by atoms with E-state index in [-0.39, 0.29) is 11.5 Å². The summed E-state index contributed by atoms with van der Waals surface area (Å²) >= 11 is 0. The molecule has 0 amide bonds. The van der Waals surface area contributed by atoms with Crippen molar-refractivity contribution >= 4 is 0 Å². The van der Waals surface area contributed by atoms with Crippen LogP contribution in [0.15, 0.2) is 6.07 Å². The SMILES string of the molecule is Cc1cc(C)c([C@@H](N)CC(C)(C)C)[nH]1. The predicted octanol–water partition coefficient (Wildman–Crippen LogP) is 3.07. The third kappa shape index (κ3) is 2.88. The minimum atomic E-state index is 0.128. The van der Waals surface area contributed by atoms with Crippen LogP contribution in [0.4, 0.5) is 0 Å². The van der Waals surface area contributed by atoms with Gasteiger partial charge < -0.3 is 10.7 Å². The van der Waals surface area contributed by atoms with Gasteiger partial charge in [-0.1, -0.05) is 20.8 Å². The molecule has 0 spiro atoms. The largest absolute Gasteiger partial charge is 0.361 e. The summed E-state index contributed by atoms with van der Waals surface area (Å²) in [5.74, 6) is 0. The molecule has 1 atom stereocenters. The van der Waals surface area contributed by atoms with Crippen LogP contribution in [0.1, 0.15) is 50.2 Å². The molecule has 80 valence electrons. The molecule has 14 heavy (non-hydrogen) atoms. The lowest BCUT2D eigenvalue weighted by molar-refractivity contribution is 0.340. The third-order valence-electron chi connectivity index (χ3n) is 2.39. The number of aromatic amines is 1. The molecule has 2 heteroatoms. The van der Waals surface area contributed by atoms with Crippen LogP contribution >= 0.6 is 0 Å². The Hall–Kier alpha value is -0.760. The Bertz CT molecular complexity index is 305. The van der Waals surface area contributed by atoms with Crippen molar-refractivity contribution in [3.05, 3.63) is 23.0 Å². The van der Waals surface area contributed by atoms with Crippen LogP contribution in [-0.2, 0) is 0 Å². The standard InChI is InChI=1S/C12H22N2/c1-8-6-9(2)14-11(8)10(13)7-12(3,4)5/h6,10,14H,7,13H2,1-5H3/t10-/m0/s1. The third-order valence-corrected chi connectivity index (χ3v) is 2.39. The maximum absolute atomic E-state index is 6.16. The van der Waals surface area contributed by atoms with Gasteiger partial charge in [-0.2, -0.15) is 0 Å². The summed E-state index contributed by atoms with van der Waals surface area (Å²) in [5.41, 5.74) is 10.1. The number of nitrogens with two attached hydrogens (primary N) is 1. The summed E-state index contributed by atoms with van der Waals surface area (Å²) in [5, 5.41) is 0. The fraction of sp³-hybridized carbons (Fsp3) is 0.667. The highest BCUT2D eigenvalue weighted by atomic mass is 14.8. The predicted molar refractivity (Wildman–Crippen MR) is 61.3 cm³/mol. The Labute approximate surface area is 86.9 Å². The van der Waals surface area contributed by atoms with E-state index >= 15 is 0 Å². The van der Waals surface area contributed by atoms with E-state index < -0.39 is 0 Å². The lowest BCUT2D eigenvalue weighted by atomic mass is 9.87. The normalized spacial score (nSPS) is 14.4. The Morgan fingerprint density at radius 2 is 1.93 bits per heavy atom. The molecule has 0 fully saturated rings. The van der Waals surface area contributed by atoms with Crippen molar-refractivity contribution in [1.29, 1.82) is 0 Å². The Morgan fingerprint density at radius 1 is 1.36 bits per heavy atom. The van der Waals surface area contributed by atoms with E-state index in [0.717, 1.165) is 6.42 Å². The maximum atomic E-state index is 6.16. The zero-order chi connectivity index (χ0) is 10.9. The molecular weight excluding hydrogens is 172 g/mol. The summed E-state index contributed by atoms with van der Waals surface area (Å²) in [6.07, 6.45) is 1.01. The molecule has 3 N–H and O–H groups in total. The Balaban J connectivity index is 2.79. The van der Waals surface area contributed by atoms with Gasteiger partial charge in [0.1, 0.15) is 0 Å².